The van der Waals surface area contributed by atoms with E-state index in [1.54, 1.807) is 0 Å². The minimum Gasteiger partial charge on any atom is -0.494 e. The minimum absolute atomic E-state index is 0.165. The summed E-state index contributed by atoms with van der Waals surface area (Å²) in [4.78, 5) is 13.9. The number of rotatable bonds is 6. The van der Waals surface area contributed by atoms with E-state index in [-0.39, 0.29) is 6.04 Å². The molecule has 1 N–H and O–H groups in total. The number of likely N-dealkylation sites (tertiary alicyclic amines) is 1. The van der Waals surface area contributed by atoms with E-state index in [0.717, 1.165) is 34.3 Å². The van der Waals surface area contributed by atoms with Crippen molar-refractivity contribution in [3.63, 3.8) is 0 Å². The van der Waals surface area contributed by atoms with E-state index >= 15 is 0 Å². The highest BCUT2D eigenvalue weighted by Gasteiger charge is 2.38. The average Bonchev–Trinajstić information content (AvgIpc) is 3.08. The summed E-state index contributed by atoms with van der Waals surface area (Å²) >= 11 is 3.65. The second-order valence-corrected chi connectivity index (χ2v) is 6.98. The second kappa shape index (κ2) is 8.02. The summed E-state index contributed by atoms with van der Waals surface area (Å²) in [6.07, 6.45) is 1.56. The van der Waals surface area contributed by atoms with Crippen LogP contribution in [0.15, 0.2) is 53.0 Å². The van der Waals surface area contributed by atoms with Crippen molar-refractivity contribution >= 4 is 21.9 Å². The molecule has 0 amide bonds. The normalized spacial score (nSPS) is 18.9. The molecule has 1 aliphatic rings. The Morgan fingerprint density at radius 1 is 1.24 bits per heavy atom. The highest BCUT2D eigenvalue weighted by atomic mass is 79.9. The molecule has 2 aromatic rings. The molecule has 2 unspecified atom stereocenters. The van der Waals surface area contributed by atoms with Crippen LogP contribution < -0.4 is 4.74 Å². The van der Waals surface area contributed by atoms with E-state index < -0.39 is 12.0 Å². The van der Waals surface area contributed by atoms with Crippen molar-refractivity contribution < 1.29 is 14.6 Å². The molecule has 2 atom stereocenters. The van der Waals surface area contributed by atoms with Crippen LogP contribution in [-0.4, -0.2) is 35.2 Å². The fourth-order valence-electron chi connectivity index (χ4n) is 3.58. The summed E-state index contributed by atoms with van der Waals surface area (Å²) in [7, 11) is 0. The number of hydrogen-bond donors (Lipinski definition) is 1. The standard InChI is InChI=1S/C20H22BrNO3/c1-2-25-18-12-6-4-9-15(18)19(14-8-3-5-10-16(14)21)22-13-7-11-17(22)20(23)24/h3-6,8-10,12,17,19H,2,7,11,13H2,1H3,(H,23,24). The van der Waals surface area contributed by atoms with Gasteiger partial charge in [0, 0.05) is 16.6 Å². The molecule has 1 heterocycles. The van der Waals surface area contributed by atoms with Crippen molar-refractivity contribution in [1.29, 1.82) is 0 Å². The van der Waals surface area contributed by atoms with E-state index in [9.17, 15) is 9.90 Å². The predicted octanol–water partition coefficient (Wildman–Crippen LogP) is 4.49. The van der Waals surface area contributed by atoms with Crippen LogP contribution in [0.1, 0.15) is 36.9 Å². The molecule has 2 aromatic carbocycles. The first kappa shape index (κ1) is 18.0. The zero-order valence-corrected chi connectivity index (χ0v) is 15.8. The Balaban J connectivity index is 2.13. The van der Waals surface area contributed by atoms with Crippen molar-refractivity contribution in [1.82, 2.24) is 4.90 Å². The molecule has 0 bridgehead atoms. The van der Waals surface area contributed by atoms with Crippen LogP contribution in [0.2, 0.25) is 0 Å². The van der Waals surface area contributed by atoms with Gasteiger partial charge < -0.3 is 9.84 Å². The third-order valence-corrected chi connectivity index (χ3v) is 5.35. The number of carbonyl (C=O) groups is 1. The lowest BCUT2D eigenvalue weighted by atomic mass is 9.95. The Bertz CT molecular complexity index is 749. The third kappa shape index (κ3) is 3.72. The van der Waals surface area contributed by atoms with Crippen molar-refractivity contribution in [3.8, 4) is 5.75 Å². The Labute approximate surface area is 156 Å². The Kier molecular flexibility index (Phi) is 5.76. The smallest absolute Gasteiger partial charge is 0.320 e. The van der Waals surface area contributed by atoms with Crippen LogP contribution in [0.4, 0.5) is 0 Å². The van der Waals surface area contributed by atoms with Crippen molar-refractivity contribution in [2.75, 3.05) is 13.2 Å². The lowest BCUT2D eigenvalue weighted by Gasteiger charge is -2.33. The molecule has 0 radical (unpaired) electrons. The van der Waals surface area contributed by atoms with Gasteiger partial charge in [-0.15, -0.1) is 0 Å². The molecular weight excluding hydrogens is 382 g/mol. The number of para-hydroxylation sites is 1. The molecule has 0 spiro atoms. The molecule has 1 fully saturated rings. The maximum absolute atomic E-state index is 11.8. The van der Waals surface area contributed by atoms with Crippen molar-refractivity contribution in [2.45, 2.75) is 31.8 Å². The van der Waals surface area contributed by atoms with E-state index in [1.807, 2.05) is 49.4 Å². The number of hydrogen-bond acceptors (Lipinski definition) is 3. The van der Waals surface area contributed by atoms with Gasteiger partial charge in [-0.05, 0) is 37.5 Å². The van der Waals surface area contributed by atoms with Gasteiger partial charge in [0.25, 0.3) is 0 Å². The van der Waals surface area contributed by atoms with Crippen LogP contribution in [0.5, 0.6) is 5.75 Å². The van der Waals surface area contributed by atoms with Gasteiger partial charge in [0.1, 0.15) is 11.8 Å². The number of ether oxygens (including phenoxy) is 1. The predicted molar refractivity (Wildman–Crippen MR) is 101 cm³/mol. The summed E-state index contributed by atoms with van der Waals surface area (Å²) in [5, 5.41) is 9.68. The van der Waals surface area contributed by atoms with Crippen LogP contribution >= 0.6 is 15.9 Å². The number of aliphatic carboxylic acids is 1. The van der Waals surface area contributed by atoms with Gasteiger partial charge in [0.2, 0.25) is 0 Å². The van der Waals surface area contributed by atoms with Gasteiger partial charge in [0.15, 0.2) is 0 Å². The minimum atomic E-state index is -0.761. The maximum Gasteiger partial charge on any atom is 0.320 e. The van der Waals surface area contributed by atoms with Gasteiger partial charge in [-0.1, -0.05) is 52.3 Å². The lowest BCUT2D eigenvalue weighted by Crippen LogP contribution is -2.39. The SMILES string of the molecule is CCOc1ccccc1C(c1ccccc1Br)N1CCCC1C(=O)O. The largest absolute Gasteiger partial charge is 0.494 e. The summed E-state index contributed by atoms with van der Waals surface area (Å²) in [5.41, 5.74) is 2.06. The fourth-order valence-corrected chi connectivity index (χ4v) is 4.08. The van der Waals surface area contributed by atoms with E-state index in [0.29, 0.717) is 13.0 Å². The Hall–Kier alpha value is -1.85. The number of carboxylic acids is 1. The molecule has 1 saturated heterocycles. The molecule has 132 valence electrons. The number of halogens is 1. The quantitative estimate of drug-likeness (QED) is 0.771. The fraction of sp³-hybridized carbons (Fsp3) is 0.350. The van der Waals surface area contributed by atoms with Crippen molar-refractivity contribution in [2.24, 2.45) is 0 Å². The average molecular weight is 404 g/mol. The molecule has 0 aliphatic carbocycles. The van der Waals surface area contributed by atoms with Crippen molar-refractivity contribution in [3.05, 3.63) is 64.1 Å². The topological polar surface area (TPSA) is 49.8 Å². The summed E-state index contributed by atoms with van der Waals surface area (Å²) < 4.78 is 6.82. The molecule has 0 saturated carbocycles. The van der Waals surface area contributed by atoms with Gasteiger partial charge in [-0.3, -0.25) is 9.69 Å². The first-order valence-electron chi connectivity index (χ1n) is 8.58. The maximum atomic E-state index is 11.8. The van der Waals surface area contributed by atoms with Crippen LogP contribution in [0, 0.1) is 0 Å². The van der Waals surface area contributed by atoms with Crippen LogP contribution in [0.25, 0.3) is 0 Å². The van der Waals surface area contributed by atoms with E-state index in [1.165, 1.54) is 0 Å². The number of carboxylic acid groups (broad SMARTS) is 1. The third-order valence-electron chi connectivity index (χ3n) is 4.62. The van der Waals surface area contributed by atoms with E-state index in [2.05, 4.69) is 26.9 Å². The highest BCUT2D eigenvalue weighted by molar-refractivity contribution is 9.10. The van der Waals surface area contributed by atoms with Crippen LogP contribution in [-0.2, 0) is 4.79 Å². The molecule has 1 aliphatic heterocycles. The summed E-state index contributed by atoms with van der Waals surface area (Å²) in [6, 6.07) is 15.3. The molecular formula is C20H22BrNO3. The van der Waals surface area contributed by atoms with Gasteiger partial charge in [0.05, 0.1) is 12.6 Å². The van der Waals surface area contributed by atoms with Gasteiger partial charge in [-0.2, -0.15) is 0 Å². The molecule has 3 rings (SSSR count). The van der Waals surface area contributed by atoms with Gasteiger partial charge >= 0.3 is 5.97 Å². The first-order chi connectivity index (χ1) is 12.1. The lowest BCUT2D eigenvalue weighted by molar-refractivity contribution is -0.142. The molecule has 25 heavy (non-hydrogen) atoms. The first-order valence-corrected chi connectivity index (χ1v) is 9.37. The molecule has 0 aromatic heterocycles. The molecule has 4 nitrogen and oxygen atoms in total. The second-order valence-electron chi connectivity index (χ2n) is 6.13. The zero-order chi connectivity index (χ0) is 17.8. The zero-order valence-electron chi connectivity index (χ0n) is 14.2. The Morgan fingerprint density at radius 3 is 2.60 bits per heavy atom. The van der Waals surface area contributed by atoms with Crippen LogP contribution in [0.3, 0.4) is 0 Å². The monoisotopic (exact) mass is 403 g/mol. The number of benzene rings is 2. The van der Waals surface area contributed by atoms with Gasteiger partial charge in [-0.25, -0.2) is 0 Å². The highest BCUT2D eigenvalue weighted by Crippen LogP contribution is 2.41. The number of nitrogens with zero attached hydrogens (tertiary/aromatic N) is 1. The van der Waals surface area contributed by atoms with E-state index in [4.69, 9.17) is 4.74 Å². The summed E-state index contributed by atoms with van der Waals surface area (Å²) in [6.45, 7) is 3.28. The summed E-state index contributed by atoms with van der Waals surface area (Å²) in [5.74, 6) is 0.0465. The Morgan fingerprint density at radius 2 is 1.92 bits per heavy atom. The molecule has 5 heteroatoms.